The van der Waals surface area contributed by atoms with Gasteiger partial charge in [0.05, 0.1) is 26.5 Å². The van der Waals surface area contributed by atoms with Crippen molar-refractivity contribution >= 4 is 18.0 Å². The monoisotopic (exact) mass is 285 g/mol. The number of carbonyl (C=O) groups excluding carboxylic acids is 2. The van der Waals surface area contributed by atoms with Gasteiger partial charge in [-0.1, -0.05) is 0 Å². The van der Waals surface area contributed by atoms with Crippen molar-refractivity contribution in [1.29, 1.82) is 0 Å². The highest BCUT2D eigenvalue weighted by atomic mass is 16.3. The van der Waals surface area contributed by atoms with Crippen molar-refractivity contribution < 1.29 is 24.3 Å². The van der Waals surface area contributed by atoms with E-state index in [1.807, 2.05) is 0 Å². The van der Waals surface area contributed by atoms with Gasteiger partial charge in [0.2, 0.25) is 6.04 Å². The smallest absolute Gasteiger partial charge is 0.282 e. The van der Waals surface area contributed by atoms with Crippen molar-refractivity contribution in [3.8, 4) is 0 Å². The molecule has 1 aliphatic rings. The van der Waals surface area contributed by atoms with Crippen molar-refractivity contribution in [2.45, 2.75) is 6.04 Å². The van der Waals surface area contributed by atoms with Gasteiger partial charge in [0.25, 0.3) is 11.8 Å². The van der Waals surface area contributed by atoms with Crippen LogP contribution in [0.25, 0.3) is 0 Å². The Balaban J connectivity index is 3.03. The van der Waals surface area contributed by atoms with E-state index in [1.165, 1.54) is 17.3 Å². The first-order valence-corrected chi connectivity index (χ1v) is 6.24. The van der Waals surface area contributed by atoms with Crippen molar-refractivity contribution in [1.82, 2.24) is 4.90 Å². The summed E-state index contributed by atoms with van der Waals surface area (Å²) in [5.74, 6) is -0.934. The molecule has 0 aromatic rings. The second kappa shape index (κ2) is 6.60. The van der Waals surface area contributed by atoms with E-state index in [0.29, 0.717) is 0 Å². The van der Waals surface area contributed by atoms with Crippen LogP contribution < -0.4 is 5.73 Å². The number of rotatable bonds is 6. The Labute approximate surface area is 117 Å². The number of quaternary nitrogens is 1. The van der Waals surface area contributed by atoms with Gasteiger partial charge in [0, 0.05) is 13.6 Å². The minimum absolute atomic E-state index is 0.0105. The topological polar surface area (TPSA) is 116 Å². The Hall–Kier alpha value is -1.77. The summed E-state index contributed by atoms with van der Waals surface area (Å²) >= 11 is 0. The van der Waals surface area contributed by atoms with E-state index in [0.717, 1.165) is 0 Å². The Morgan fingerprint density at radius 1 is 1.45 bits per heavy atom. The molecule has 0 spiro atoms. The molecule has 0 bridgehead atoms. The Kier molecular flexibility index (Phi) is 5.37. The van der Waals surface area contributed by atoms with Crippen LogP contribution in [0.2, 0.25) is 0 Å². The number of nitrogens with zero attached hydrogens (tertiary/aromatic N) is 3. The minimum Gasteiger partial charge on any atom is -0.395 e. The van der Waals surface area contributed by atoms with Gasteiger partial charge in [-0.3, -0.25) is 14.1 Å². The summed E-state index contributed by atoms with van der Waals surface area (Å²) in [7, 11) is 3.24. The van der Waals surface area contributed by atoms with Crippen molar-refractivity contribution in [3.05, 3.63) is 11.9 Å². The molecule has 0 aromatic heterocycles. The molecule has 4 N–H and O–H groups in total. The van der Waals surface area contributed by atoms with E-state index in [-0.39, 0.29) is 42.4 Å². The summed E-state index contributed by atoms with van der Waals surface area (Å²) in [5, 5.41) is 18.0. The molecule has 2 atom stereocenters. The molecular formula is C12H21N4O4+. The van der Waals surface area contributed by atoms with Gasteiger partial charge in [0.1, 0.15) is 12.7 Å². The van der Waals surface area contributed by atoms with Crippen LogP contribution in [0.15, 0.2) is 16.9 Å². The van der Waals surface area contributed by atoms with E-state index in [2.05, 4.69) is 4.99 Å². The minimum atomic E-state index is -0.721. The van der Waals surface area contributed by atoms with Gasteiger partial charge in [0.15, 0.2) is 5.70 Å². The van der Waals surface area contributed by atoms with Crippen molar-refractivity contribution in [2.24, 2.45) is 10.7 Å². The molecule has 20 heavy (non-hydrogen) atoms. The van der Waals surface area contributed by atoms with Gasteiger partial charge >= 0.3 is 0 Å². The lowest BCUT2D eigenvalue weighted by Crippen LogP contribution is -2.58. The van der Waals surface area contributed by atoms with Crippen LogP contribution in [0.1, 0.15) is 0 Å². The van der Waals surface area contributed by atoms with Gasteiger partial charge < -0.3 is 20.8 Å². The molecule has 0 aromatic carbocycles. The molecule has 1 rings (SSSR count). The number of aliphatic hydroxyl groups excluding tert-OH is 2. The maximum absolute atomic E-state index is 12.1. The predicted octanol–water partition coefficient (Wildman–Crippen LogP) is -2.34. The van der Waals surface area contributed by atoms with E-state index < -0.39 is 11.9 Å². The lowest BCUT2D eigenvalue weighted by Gasteiger charge is -2.36. The van der Waals surface area contributed by atoms with Gasteiger partial charge in [-0.05, 0) is 0 Å². The number of nitrogens with two attached hydrogens (primary N) is 1. The van der Waals surface area contributed by atoms with E-state index in [9.17, 15) is 9.59 Å². The molecule has 1 aliphatic heterocycles. The molecule has 0 aliphatic carbocycles. The van der Waals surface area contributed by atoms with Crippen LogP contribution in [0, 0.1) is 0 Å². The van der Waals surface area contributed by atoms with Crippen LogP contribution >= 0.6 is 0 Å². The molecule has 2 unspecified atom stereocenters. The molecule has 112 valence electrons. The van der Waals surface area contributed by atoms with Crippen LogP contribution in [-0.2, 0) is 9.59 Å². The maximum Gasteiger partial charge on any atom is 0.282 e. The number of amides is 2. The fraction of sp³-hybridized carbons (Fsp3) is 0.583. The first-order valence-electron chi connectivity index (χ1n) is 6.24. The van der Waals surface area contributed by atoms with Crippen molar-refractivity contribution in [2.75, 3.05) is 40.4 Å². The first kappa shape index (κ1) is 16.3. The second-order valence-electron chi connectivity index (χ2n) is 4.88. The largest absolute Gasteiger partial charge is 0.395 e. The molecule has 1 heterocycles. The Morgan fingerprint density at radius 3 is 2.60 bits per heavy atom. The van der Waals surface area contributed by atoms with E-state index in [4.69, 9.17) is 15.9 Å². The number of aliphatic imine (C=N–C) groups is 1. The first-order chi connectivity index (χ1) is 9.35. The van der Waals surface area contributed by atoms with Gasteiger partial charge in [-0.15, -0.1) is 0 Å². The number of carbonyl (C=O) groups is 2. The fourth-order valence-corrected chi connectivity index (χ4v) is 2.04. The normalized spacial score (nSPS) is 25.2. The quantitative estimate of drug-likeness (QED) is 0.474. The summed E-state index contributed by atoms with van der Waals surface area (Å²) in [6.07, 6.45) is 2.85. The predicted molar refractivity (Wildman–Crippen MR) is 72.4 cm³/mol. The zero-order chi connectivity index (χ0) is 15.3. The Morgan fingerprint density at radius 2 is 2.10 bits per heavy atom. The number of likely N-dealkylation sites (N-methyl/N-ethyl adjacent to an activating group) is 2. The average Bonchev–Trinajstić information content (AvgIpc) is 2.37. The van der Waals surface area contributed by atoms with E-state index in [1.54, 1.807) is 14.1 Å². The lowest BCUT2D eigenvalue weighted by molar-refractivity contribution is -0.866. The standard InChI is InChI=1S/C12H20N4O4/c1-15(3-5-17)12(20)9-8-16(2,4-6-18)10(7-14-9)11(13)19/h7-8,10,17-18H,3-6H2,1-2H3,(H-,13,19)/p+1. The van der Waals surface area contributed by atoms with Crippen LogP contribution in [0.4, 0.5) is 0 Å². The van der Waals surface area contributed by atoms with Crippen LogP contribution in [-0.4, -0.2) is 84.1 Å². The molecule has 0 saturated heterocycles. The Bertz CT molecular complexity index is 449. The molecule has 8 nitrogen and oxygen atoms in total. The number of hydrogen-bond donors (Lipinski definition) is 3. The third-order valence-corrected chi connectivity index (χ3v) is 3.28. The molecular weight excluding hydrogens is 264 g/mol. The summed E-state index contributed by atoms with van der Waals surface area (Å²) in [6.45, 7) is 0.124. The highest BCUT2D eigenvalue weighted by Gasteiger charge is 2.38. The fourth-order valence-electron chi connectivity index (χ4n) is 2.04. The number of hydrogen-bond acceptors (Lipinski definition) is 5. The van der Waals surface area contributed by atoms with Gasteiger partial charge in [-0.25, -0.2) is 4.99 Å². The third-order valence-electron chi connectivity index (χ3n) is 3.28. The SMILES string of the molecule is CN(CCO)C(=O)C1=C[N+](C)(CCO)C(C(N)=O)C=N1. The molecule has 0 saturated carbocycles. The molecule has 0 radical (unpaired) electrons. The maximum atomic E-state index is 12.1. The summed E-state index contributed by atoms with van der Waals surface area (Å²) in [5.41, 5.74) is 5.48. The average molecular weight is 285 g/mol. The summed E-state index contributed by atoms with van der Waals surface area (Å²) < 4.78 is -0.0105. The van der Waals surface area contributed by atoms with Crippen molar-refractivity contribution in [3.63, 3.8) is 0 Å². The number of aliphatic hydroxyl groups is 2. The van der Waals surface area contributed by atoms with Gasteiger partial charge in [-0.2, -0.15) is 0 Å². The summed E-state index contributed by atoms with van der Waals surface area (Å²) in [6, 6.07) is -0.721. The molecule has 2 amide bonds. The highest BCUT2D eigenvalue weighted by molar-refractivity contribution is 6.00. The molecule has 8 heteroatoms. The third kappa shape index (κ3) is 3.41. The number of primary amides is 1. The lowest BCUT2D eigenvalue weighted by atomic mass is 10.1. The summed E-state index contributed by atoms with van der Waals surface area (Å²) in [4.78, 5) is 28.8. The zero-order valence-electron chi connectivity index (χ0n) is 11.7. The molecule has 0 fully saturated rings. The van der Waals surface area contributed by atoms with Crippen LogP contribution in [0.3, 0.4) is 0 Å². The van der Waals surface area contributed by atoms with E-state index >= 15 is 0 Å². The highest BCUT2D eigenvalue weighted by Crippen LogP contribution is 2.19. The zero-order valence-corrected chi connectivity index (χ0v) is 11.7. The van der Waals surface area contributed by atoms with Crippen LogP contribution in [0.5, 0.6) is 0 Å². The second-order valence-corrected chi connectivity index (χ2v) is 4.88.